The minimum absolute atomic E-state index is 0.128. The van der Waals surface area contributed by atoms with E-state index in [0.29, 0.717) is 24.4 Å². The summed E-state index contributed by atoms with van der Waals surface area (Å²) < 4.78 is 5.35. The summed E-state index contributed by atoms with van der Waals surface area (Å²) in [5.41, 5.74) is 7.12. The van der Waals surface area contributed by atoms with Crippen molar-refractivity contribution in [3.05, 3.63) is 70.7 Å². The SMILES string of the molecule is NC(=O)[C@@H](Cc1cccc(Cl)c1)NC(=O)[C@H]1CCCN1C(=O)OCc1ccccc1. The second-order valence-corrected chi connectivity index (χ2v) is 7.63. The predicted molar refractivity (Wildman–Crippen MR) is 113 cm³/mol. The highest BCUT2D eigenvalue weighted by Gasteiger charge is 2.36. The molecule has 158 valence electrons. The van der Waals surface area contributed by atoms with E-state index >= 15 is 0 Å². The molecule has 1 fully saturated rings. The van der Waals surface area contributed by atoms with Crippen molar-refractivity contribution < 1.29 is 19.1 Å². The van der Waals surface area contributed by atoms with Gasteiger partial charge in [0.25, 0.3) is 0 Å². The molecule has 0 unspecified atom stereocenters. The summed E-state index contributed by atoms with van der Waals surface area (Å²) in [6.07, 6.45) is 0.831. The maximum Gasteiger partial charge on any atom is 0.410 e. The molecular formula is C22H24ClN3O4. The third-order valence-electron chi connectivity index (χ3n) is 4.98. The first-order valence-electron chi connectivity index (χ1n) is 9.75. The zero-order valence-corrected chi connectivity index (χ0v) is 17.2. The van der Waals surface area contributed by atoms with E-state index in [1.807, 2.05) is 30.3 Å². The summed E-state index contributed by atoms with van der Waals surface area (Å²) in [6.45, 7) is 0.546. The van der Waals surface area contributed by atoms with Crippen LogP contribution in [0.3, 0.4) is 0 Å². The number of ether oxygens (including phenoxy) is 1. The van der Waals surface area contributed by atoms with E-state index in [1.54, 1.807) is 24.3 Å². The number of carbonyl (C=O) groups is 3. The lowest BCUT2D eigenvalue weighted by Crippen LogP contribution is -2.53. The Morgan fingerprint density at radius 3 is 2.57 bits per heavy atom. The molecular weight excluding hydrogens is 406 g/mol. The lowest BCUT2D eigenvalue weighted by atomic mass is 10.0. The molecule has 8 heteroatoms. The van der Waals surface area contributed by atoms with Gasteiger partial charge >= 0.3 is 6.09 Å². The molecule has 0 aromatic heterocycles. The van der Waals surface area contributed by atoms with Gasteiger partial charge in [0.2, 0.25) is 11.8 Å². The monoisotopic (exact) mass is 429 g/mol. The van der Waals surface area contributed by atoms with Crippen molar-refractivity contribution in [3.63, 3.8) is 0 Å². The summed E-state index contributed by atoms with van der Waals surface area (Å²) in [4.78, 5) is 38.6. The number of nitrogens with one attached hydrogen (secondary N) is 1. The average Bonchev–Trinajstić information content (AvgIpc) is 3.22. The molecule has 1 aliphatic rings. The van der Waals surface area contributed by atoms with Crippen molar-refractivity contribution in [2.24, 2.45) is 5.73 Å². The Hall–Kier alpha value is -3.06. The highest BCUT2D eigenvalue weighted by molar-refractivity contribution is 6.30. The standard InChI is InChI=1S/C22H24ClN3O4/c23-17-9-4-8-16(12-17)13-18(20(24)27)25-21(28)19-10-5-11-26(19)22(29)30-14-15-6-2-1-3-7-15/h1-4,6-9,12,18-19H,5,10-11,13-14H2,(H2,24,27)(H,25,28)/t18-,19-/m1/s1. The van der Waals surface area contributed by atoms with E-state index in [-0.39, 0.29) is 13.0 Å². The van der Waals surface area contributed by atoms with Crippen LogP contribution >= 0.6 is 11.6 Å². The van der Waals surface area contributed by atoms with Gasteiger partial charge in [-0.15, -0.1) is 0 Å². The average molecular weight is 430 g/mol. The first-order chi connectivity index (χ1) is 14.4. The van der Waals surface area contributed by atoms with Gasteiger partial charge in [0.1, 0.15) is 18.7 Å². The maximum atomic E-state index is 12.8. The fourth-order valence-electron chi connectivity index (χ4n) is 3.45. The van der Waals surface area contributed by atoms with Gasteiger partial charge in [0.15, 0.2) is 0 Å². The summed E-state index contributed by atoms with van der Waals surface area (Å²) in [5, 5.41) is 3.21. The molecule has 2 aromatic carbocycles. The second-order valence-electron chi connectivity index (χ2n) is 7.19. The van der Waals surface area contributed by atoms with Gasteiger partial charge in [-0.1, -0.05) is 54.1 Å². The van der Waals surface area contributed by atoms with Gasteiger partial charge in [0, 0.05) is 18.0 Å². The van der Waals surface area contributed by atoms with E-state index in [0.717, 1.165) is 11.1 Å². The Morgan fingerprint density at radius 1 is 1.13 bits per heavy atom. The fourth-order valence-corrected chi connectivity index (χ4v) is 3.66. The van der Waals surface area contributed by atoms with Crippen LogP contribution < -0.4 is 11.1 Å². The summed E-state index contributed by atoms with van der Waals surface area (Å²) >= 11 is 5.98. The first-order valence-corrected chi connectivity index (χ1v) is 10.1. The van der Waals surface area contributed by atoms with Crippen LogP contribution in [0.25, 0.3) is 0 Å². The number of nitrogens with zero attached hydrogens (tertiary/aromatic N) is 1. The molecule has 2 atom stereocenters. The number of amides is 3. The Balaban J connectivity index is 1.60. The number of halogens is 1. The van der Waals surface area contributed by atoms with Crippen LogP contribution in [-0.4, -0.2) is 41.4 Å². The number of rotatable bonds is 7. The molecule has 3 N–H and O–H groups in total. The molecule has 3 amide bonds. The Bertz CT molecular complexity index is 906. The summed E-state index contributed by atoms with van der Waals surface area (Å²) in [6, 6.07) is 14.7. The van der Waals surface area contributed by atoms with Gasteiger partial charge in [-0.3, -0.25) is 14.5 Å². The minimum atomic E-state index is -0.904. The van der Waals surface area contributed by atoms with Crippen molar-refractivity contribution in [2.45, 2.75) is 38.0 Å². The van der Waals surface area contributed by atoms with Crippen LogP contribution in [0.5, 0.6) is 0 Å². The van der Waals surface area contributed by atoms with Gasteiger partial charge in [-0.2, -0.15) is 0 Å². The third-order valence-corrected chi connectivity index (χ3v) is 5.22. The Morgan fingerprint density at radius 2 is 1.87 bits per heavy atom. The van der Waals surface area contributed by atoms with Crippen LogP contribution in [0.2, 0.25) is 5.02 Å². The molecule has 0 bridgehead atoms. The molecule has 0 saturated carbocycles. The summed E-state index contributed by atoms with van der Waals surface area (Å²) in [5.74, 6) is -1.07. The molecule has 7 nitrogen and oxygen atoms in total. The maximum absolute atomic E-state index is 12.8. The molecule has 1 aliphatic heterocycles. The van der Waals surface area contributed by atoms with Crippen LogP contribution in [0.15, 0.2) is 54.6 Å². The van der Waals surface area contributed by atoms with Crippen LogP contribution in [0.1, 0.15) is 24.0 Å². The van der Waals surface area contributed by atoms with E-state index in [2.05, 4.69) is 5.32 Å². The molecule has 2 aromatic rings. The predicted octanol–water partition coefficient (Wildman–Crippen LogP) is 2.65. The van der Waals surface area contributed by atoms with Crippen molar-refractivity contribution >= 4 is 29.5 Å². The second kappa shape index (κ2) is 10.1. The van der Waals surface area contributed by atoms with Crippen LogP contribution in [-0.2, 0) is 27.4 Å². The minimum Gasteiger partial charge on any atom is -0.445 e. The van der Waals surface area contributed by atoms with Crippen LogP contribution in [0, 0.1) is 0 Å². The summed E-state index contributed by atoms with van der Waals surface area (Å²) in [7, 11) is 0. The molecule has 0 radical (unpaired) electrons. The zero-order chi connectivity index (χ0) is 21.5. The molecule has 30 heavy (non-hydrogen) atoms. The van der Waals surface area contributed by atoms with E-state index in [1.165, 1.54) is 4.90 Å². The van der Waals surface area contributed by atoms with Gasteiger partial charge in [0.05, 0.1) is 0 Å². The highest BCUT2D eigenvalue weighted by atomic mass is 35.5. The number of hydrogen-bond acceptors (Lipinski definition) is 4. The molecule has 1 saturated heterocycles. The van der Waals surface area contributed by atoms with E-state index < -0.39 is 30.0 Å². The molecule has 0 spiro atoms. The third kappa shape index (κ3) is 5.73. The number of hydrogen-bond donors (Lipinski definition) is 2. The van der Waals surface area contributed by atoms with Crippen LogP contribution in [0.4, 0.5) is 4.79 Å². The van der Waals surface area contributed by atoms with Crippen molar-refractivity contribution in [2.75, 3.05) is 6.54 Å². The van der Waals surface area contributed by atoms with Crippen molar-refractivity contribution in [1.82, 2.24) is 10.2 Å². The molecule has 1 heterocycles. The van der Waals surface area contributed by atoms with Crippen molar-refractivity contribution in [3.8, 4) is 0 Å². The number of benzene rings is 2. The fraction of sp³-hybridized carbons (Fsp3) is 0.318. The highest BCUT2D eigenvalue weighted by Crippen LogP contribution is 2.20. The number of likely N-dealkylation sites (tertiary alicyclic amines) is 1. The normalized spacial score (nSPS) is 16.7. The van der Waals surface area contributed by atoms with E-state index in [4.69, 9.17) is 22.1 Å². The lowest BCUT2D eigenvalue weighted by molar-refractivity contribution is -0.130. The molecule has 0 aliphatic carbocycles. The van der Waals surface area contributed by atoms with Crippen molar-refractivity contribution in [1.29, 1.82) is 0 Å². The van der Waals surface area contributed by atoms with Gasteiger partial charge in [-0.05, 0) is 36.1 Å². The van der Waals surface area contributed by atoms with Gasteiger partial charge < -0.3 is 15.8 Å². The Kier molecular flexibility index (Phi) is 7.30. The topological polar surface area (TPSA) is 102 Å². The smallest absolute Gasteiger partial charge is 0.410 e. The van der Waals surface area contributed by atoms with E-state index in [9.17, 15) is 14.4 Å². The largest absolute Gasteiger partial charge is 0.445 e. The number of nitrogens with two attached hydrogens (primary N) is 1. The quantitative estimate of drug-likeness (QED) is 0.706. The lowest BCUT2D eigenvalue weighted by Gasteiger charge is -2.25. The zero-order valence-electron chi connectivity index (χ0n) is 16.4. The number of primary amides is 1. The first kappa shape index (κ1) is 21.6. The molecule has 3 rings (SSSR count). The number of carbonyl (C=O) groups excluding carboxylic acids is 3. The van der Waals surface area contributed by atoms with Gasteiger partial charge in [-0.25, -0.2) is 4.79 Å². The Labute approximate surface area is 180 Å².